The van der Waals surface area contributed by atoms with Gasteiger partial charge in [-0.25, -0.2) is 0 Å². The van der Waals surface area contributed by atoms with Crippen LogP contribution in [0.2, 0.25) is 0 Å². The predicted octanol–water partition coefficient (Wildman–Crippen LogP) is 3.06. The van der Waals surface area contributed by atoms with Gasteiger partial charge in [-0.15, -0.1) is 6.58 Å². The maximum absolute atomic E-state index is 14.4. The van der Waals surface area contributed by atoms with Crippen LogP contribution in [0.3, 0.4) is 0 Å². The monoisotopic (exact) mass is 527 g/mol. The minimum atomic E-state index is -1.19. The number of anilines is 2. The number of nitrogens with zero attached hydrogens (tertiary/aromatic N) is 3. The van der Waals surface area contributed by atoms with Crippen LogP contribution in [-0.4, -0.2) is 82.9 Å². The number of amides is 2. The molecule has 2 N–H and O–H groups in total. The van der Waals surface area contributed by atoms with E-state index in [0.717, 1.165) is 18.8 Å². The highest BCUT2D eigenvalue weighted by Gasteiger charge is 2.79. The second kappa shape index (κ2) is 11.1. The van der Waals surface area contributed by atoms with E-state index in [0.29, 0.717) is 37.8 Å². The van der Waals surface area contributed by atoms with Crippen molar-refractivity contribution in [3.8, 4) is 0 Å². The van der Waals surface area contributed by atoms with Crippen LogP contribution >= 0.6 is 0 Å². The van der Waals surface area contributed by atoms with Crippen molar-refractivity contribution in [2.75, 3.05) is 42.6 Å². The number of likely N-dealkylation sites (tertiary alicyclic amines) is 1. The van der Waals surface area contributed by atoms with Gasteiger partial charge in [-0.3, -0.25) is 14.4 Å². The summed E-state index contributed by atoms with van der Waals surface area (Å²) in [4.78, 5) is 46.2. The highest BCUT2D eigenvalue weighted by molar-refractivity contribution is 6.04. The molecule has 0 saturated carbocycles. The topological polar surface area (TPSA) is 111 Å². The van der Waals surface area contributed by atoms with Crippen LogP contribution < -0.4 is 9.80 Å². The van der Waals surface area contributed by atoms with Crippen LogP contribution in [0.15, 0.2) is 36.9 Å². The Bertz CT molecular complexity index is 1060. The summed E-state index contributed by atoms with van der Waals surface area (Å²) in [6, 6.07) is 6.82. The van der Waals surface area contributed by atoms with E-state index >= 15 is 0 Å². The fourth-order valence-electron chi connectivity index (χ4n) is 7.04. The first-order chi connectivity index (χ1) is 18.2. The van der Waals surface area contributed by atoms with Gasteiger partial charge in [0.1, 0.15) is 17.6 Å². The number of aliphatic hydroxyl groups excluding tert-OH is 1. The Morgan fingerprint density at radius 3 is 2.34 bits per heavy atom. The zero-order valence-corrected chi connectivity index (χ0v) is 22.8. The van der Waals surface area contributed by atoms with Crippen LogP contribution in [0.5, 0.6) is 0 Å². The third-order valence-corrected chi connectivity index (χ3v) is 8.86. The normalized spacial score (nSPS) is 29.4. The summed E-state index contributed by atoms with van der Waals surface area (Å²) in [5, 5.41) is 19.5. The van der Waals surface area contributed by atoms with Crippen LogP contribution in [-0.2, 0) is 19.1 Å². The number of fused-ring (bicyclic) bond motifs is 1. The lowest BCUT2D eigenvalue weighted by molar-refractivity contribution is -0.155. The fourth-order valence-corrected chi connectivity index (χ4v) is 7.04. The summed E-state index contributed by atoms with van der Waals surface area (Å²) < 4.78 is 6.61. The van der Waals surface area contributed by atoms with Crippen molar-refractivity contribution in [2.45, 2.75) is 70.1 Å². The Hall–Kier alpha value is -2.91. The second-order valence-corrected chi connectivity index (χ2v) is 10.6. The number of benzene rings is 1. The lowest BCUT2D eigenvalue weighted by Gasteiger charge is -2.37. The molecule has 0 radical (unpaired) electrons. The number of carbonyl (C=O) groups is 3. The van der Waals surface area contributed by atoms with Crippen molar-refractivity contribution in [3.63, 3.8) is 0 Å². The Balaban J connectivity index is 1.75. The maximum atomic E-state index is 14.4. The van der Waals surface area contributed by atoms with Gasteiger partial charge in [-0.1, -0.05) is 13.0 Å². The van der Waals surface area contributed by atoms with E-state index in [4.69, 9.17) is 4.74 Å². The predicted molar refractivity (Wildman–Crippen MR) is 145 cm³/mol. The largest absolute Gasteiger partial charge is 0.481 e. The molecule has 2 unspecified atom stereocenters. The Morgan fingerprint density at radius 2 is 1.79 bits per heavy atom. The van der Waals surface area contributed by atoms with Crippen molar-refractivity contribution in [1.82, 2.24) is 4.90 Å². The van der Waals surface area contributed by atoms with Crippen molar-refractivity contribution < 1.29 is 29.3 Å². The summed E-state index contributed by atoms with van der Waals surface area (Å²) in [5.41, 5.74) is -0.401. The van der Waals surface area contributed by atoms with Crippen LogP contribution in [0.1, 0.15) is 52.9 Å². The smallest absolute Gasteiger partial charge is 0.310 e. The number of aliphatic hydroxyl groups is 1. The minimum absolute atomic E-state index is 0.0239. The Labute approximate surface area is 225 Å². The standard InChI is InChI=1S/C29H41N3O6/c1-5-17-31(21-13-11-20(12-14-21)30(7-3)8-4)26(35)24-29-16-15-28(6-2,38-29)23(27(36)37)22(29)25(34)32(24)18-9-10-19-33/h5,11-14,22-24,33H,1,6-10,15-19H2,2-4H3,(H,36,37)/t22-,23+,24?,28-,29?/m0/s1. The molecule has 3 fully saturated rings. The average molecular weight is 528 g/mol. The summed E-state index contributed by atoms with van der Waals surface area (Å²) >= 11 is 0. The van der Waals surface area contributed by atoms with Gasteiger partial charge < -0.3 is 29.6 Å². The zero-order valence-electron chi connectivity index (χ0n) is 22.8. The molecule has 5 atom stereocenters. The highest BCUT2D eigenvalue weighted by Crippen LogP contribution is 2.64. The summed E-state index contributed by atoms with van der Waals surface area (Å²) in [6.07, 6.45) is 4.05. The van der Waals surface area contributed by atoms with Crippen molar-refractivity contribution in [1.29, 1.82) is 0 Å². The van der Waals surface area contributed by atoms with E-state index < -0.39 is 35.0 Å². The Kier molecular flexibility index (Phi) is 8.18. The first kappa shape index (κ1) is 28.1. The van der Waals surface area contributed by atoms with Crippen LogP contribution in [0.4, 0.5) is 11.4 Å². The summed E-state index contributed by atoms with van der Waals surface area (Å²) in [5.74, 6) is -3.58. The van der Waals surface area contributed by atoms with Gasteiger partial charge in [-0.2, -0.15) is 0 Å². The number of hydrogen-bond acceptors (Lipinski definition) is 6. The average Bonchev–Trinajstić information content (AvgIpc) is 3.52. The molecule has 9 nitrogen and oxygen atoms in total. The molecule has 3 saturated heterocycles. The summed E-state index contributed by atoms with van der Waals surface area (Å²) in [6.45, 7) is 12.1. The number of ether oxygens (including phenoxy) is 1. The molecule has 2 bridgehead atoms. The number of aliphatic carboxylic acids is 1. The molecule has 1 spiro atoms. The quantitative estimate of drug-likeness (QED) is 0.300. The van der Waals surface area contributed by atoms with Crippen LogP contribution in [0.25, 0.3) is 0 Å². The molecule has 0 aromatic heterocycles. The molecule has 3 aliphatic rings. The third-order valence-electron chi connectivity index (χ3n) is 8.86. The van der Waals surface area contributed by atoms with Crippen molar-refractivity contribution >= 4 is 29.2 Å². The fraction of sp³-hybridized carbons (Fsp3) is 0.621. The minimum Gasteiger partial charge on any atom is -0.481 e. The molecule has 9 heteroatoms. The van der Waals surface area contributed by atoms with Gasteiger partial charge in [0.2, 0.25) is 5.91 Å². The molecule has 4 rings (SSSR count). The van der Waals surface area contributed by atoms with Gasteiger partial charge in [0.05, 0.1) is 11.5 Å². The second-order valence-electron chi connectivity index (χ2n) is 10.6. The molecule has 3 heterocycles. The van der Waals surface area contributed by atoms with E-state index in [-0.39, 0.29) is 31.5 Å². The Morgan fingerprint density at radius 1 is 1.13 bits per heavy atom. The molecule has 2 amide bonds. The summed E-state index contributed by atoms with van der Waals surface area (Å²) in [7, 11) is 0. The maximum Gasteiger partial charge on any atom is 0.310 e. The van der Waals surface area contributed by atoms with Crippen LogP contribution in [0, 0.1) is 11.8 Å². The van der Waals surface area contributed by atoms with Gasteiger partial charge in [0.25, 0.3) is 5.91 Å². The molecular formula is C29H41N3O6. The number of unbranched alkanes of at least 4 members (excludes halogenated alkanes) is 1. The van der Waals surface area contributed by atoms with Gasteiger partial charge >= 0.3 is 5.97 Å². The molecule has 0 aliphatic carbocycles. The van der Waals surface area contributed by atoms with E-state index in [1.807, 2.05) is 31.2 Å². The van der Waals surface area contributed by atoms with Crippen molar-refractivity contribution in [2.24, 2.45) is 11.8 Å². The van der Waals surface area contributed by atoms with Crippen molar-refractivity contribution in [3.05, 3.63) is 36.9 Å². The highest BCUT2D eigenvalue weighted by atomic mass is 16.5. The van der Waals surface area contributed by atoms with E-state index in [9.17, 15) is 24.6 Å². The van der Waals surface area contributed by atoms with E-state index in [1.54, 1.807) is 11.0 Å². The molecule has 38 heavy (non-hydrogen) atoms. The molecule has 3 aliphatic heterocycles. The lowest BCUT2D eigenvalue weighted by atomic mass is 9.65. The van der Waals surface area contributed by atoms with Gasteiger partial charge in [0.15, 0.2) is 0 Å². The SMILES string of the molecule is C=CCN(C(=O)C1N(CCCCO)C(=O)[C@@H]2[C@H](C(=O)O)[C@]3(CC)CCC12O3)c1ccc(N(CC)CC)cc1. The number of rotatable bonds is 13. The number of carboxylic acids is 1. The lowest BCUT2D eigenvalue weighted by Crippen LogP contribution is -2.56. The first-order valence-electron chi connectivity index (χ1n) is 13.9. The molecular weight excluding hydrogens is 486 g/mol. The van der Waals surface area contributed by atoms with Gasteiger partial charge in [-0.05, 0) is 70.2 Å². The zero-order chi connectivity index (χ0) is 27.7. The number of carbonyl (C=O) groups excluding carboxylic acids is 2. The molecule has 1 aromatic rings. The molecule has 1 aromatic carbocycles. The molecule has 208 valence electrons. The van der Waals surface area contributed by atoms with Gasteiger partial charge in [0, 0.05) is 44.2 Å². The first-order valence-corrected chi connectivity index (χ1v) is 13.9. The number of hydrogen-bond donors (Lipinski definition) is 2. The van der Waals surface area contributed by atoms with E-state index in [1.165, 1.54) is 4.90 Å². The third kappa shape index (κ3) is 4.29. The van der Waals surface area contributed by atoms with E-state index in [2.05, 4.69) is 25.3 Å². The number of carboxylic acid groups (broad SMARTS) is 1.